The van der Waals surface area contributed by atoms with Gasteiger partial charge in [-0.15, -0.1) is 0 Å². The largest absolute Gasteiger partial charge is 0.493 e. The number of halogens is 1. The number of para-hydroxylation sites is 1. The van der Waals surface area contributed by atoms with Crippen molar-refractivity contribution in [3.8, 4) is 5.75 Å². The topological polar surface area (TPSA) is 21.3 Å². The number of benzene rings is 2. The van der Waals surface area contributed by atoms with Crippen molar-refractivity contribution in [1.29, 1.82) is 0 Å². The minimum absolute atomic E-state index is 0.163. The molecule has 0 amide bonds. The van der Waals surface area contributed by atoms with Crippen molar-refractivity contribution in [3.05, 3.63) is 65.0 Å². The van der Waals surface area contributed by atoms with Crippen LogP contribution in [0, 0.1) is 12.7 Å². The molecule has 0 aliphatic carbocycles. The zero-order chi connectivity index (χ0) is 14.7. The van der Waals surface area contributed by atoms with Gasteiger partial charge >= 0.3 is 0 Å². The summed E-state index contributed by atoms with van der Waals surface area (Å²) in [7, 11) is 0. The summed E-state index contributed by atoms with van der Waals surface area (Å²) in [6.45, 7) is 4.52. The van der Waals surface area contributed by atoms with Gasteiger partial charge < -0.3 is 10.1 Å². The summed E-state index contributed by atoms with van der Waals surface area (Å²) in [6.07, 6.45) is 0.918. The number of rotatable bonds is 5. The van der Waals surface area contributed by atoms with E-state index < -0.39 is 0 Å². The van der Waals surface area contributed by atoms with Crippen molar-refractivity contribution in [2.75, 3.05) is 19.7 Å². The highest BCUT2D eigenvalue weighted by atomic mass is 19.1. The van der Waals surface area contributed by atoms with Crippen molar-refractivity contribution < 1.29 is 9.13 Å². The molecule has 2 aromatic carbocycles. The molecular formula is C18H20FNO. The third-order valence-corrected chi connectivity index (χ3v) is 4.07. The minimum Gasteiger partial charge on any atom is -0.493 e. The van der Waals surface area contributed by atoms with E-state index in [1.54, 1.807) is 6.07 Å². The first-order valence-electron chi connectivity index (χ1n) is 7.41. The molecule has 0 radical (unpaired) electrons. The van der Waals surface area contributed by atoms with Gasteiger partial charge in [0.25, 0.3) is 0 Å². The molecule has 1 atom stereocenters. The first kappa shape index (κ1) is 14.1. The molecule has 0 fully saturated rings. The summed E-state index contributed by atoms with van der Waals surface area (Å²) in [5, 5.41) is 3.48. The van der Waals surface area contributed by atoms with E-state index in [0.717, 1.165) is 37.4 Å². The fourth-order valence-electron chi connectivity index (χ4n) is 2.84. The summed E-state index contributed by atoms with van der Waals surface area (Å²) in [6, 6.07) is 13.2. The minimum atomic E-state index is -0.163. The molecule has 0 bridgehead atoms. The lowest BCUT2D eigenvalue weighted by molar-refractivity contribution is 0.327. The summed E-state index contributed by atoms with van der Waals surface area (Å²) >= 11 is 0. The molecule has 0 saturated carbocycles. The van der Waals surface area contributed by atoms with E-state index >= 15 is 0 Å². The van der Waals surface area contributed by atoms with Gasteiger partial charge in [0.15, 0.2) is 0 Å². The Morgan fingerprint density at radius 2 is 2.10 bits per heavy atom. The Hall–Kier alpha value is -1.87. The lowest BCUT2D eigenvalue weighted by Crippen LogP contribution is -2.24. The fourth-order valence-corrected chi connectivity index (χ4v) is 2.84. The maximum absolute atomic E-state index is 13.1. The Morgan fingerprint density at radius 3 is 2.95 bits per heavy atom. The molecule has 3 rings (SSSR count). The van der Waals surface area contributed by atoms with Crippen LogP contribution in [0.5, 0.6) is 5.75 Å². The fraction of sp³-hybridized carbons (Fsp3) is 0.333. The van der Waals surface area contributed by atoms with Gasteiger partial charge in [0.2, 0.25) is 0 Å². The normalized spacial score (nSPS) is 16.6. The summed E-state index contributed by atoms with van der Waals surface area (Å²) in [4.78, 5) is 0. The van der Waals surface area contributed by atoms with Crippen LogP contribution in [0.1, 0.15) is 22.6 Å². The van der Waals surface area contributed by atoms with Crippen LogP contribution in [0.2, 0.25) is 0 Å². The standard InChI is InChI=1S/C18H20FNO/c1-13-10-16(19)7-6-14(13)8-9-20-11-15-12-21-18-5-3-2-4-17(15)18/h2-7,10,15,20H,8-9,11-12H2,1H3. The molecule has 21 heavy (non-hydrogen) atoms. The number of ether oxygens (including phenoxy) is 1. The average molecular weight is 285 g/mol. The Balaban J connectivity index is 1.49. The molecule has 2 aromatic rings. The first-order valence-corrected chi connectivity index (χ1v) is 7.41. The van der Waals surface area contributed by atoms with Gasteiger partial charge in [-0.3, -0.25) is 0 Å². The van der Waals surface area contributed by atoms with Crippen molar-refractivity contribution in [3.63, 3.8) is 0 Å². The summed E-state index contributed by atoms with van der Waals surface area (Å²) in [5.74, 6) is 1.28. The lowest BCUT2D eigenvalue weighted by Gasteiger charge is -2.11. The number of nitrogens with one attached hydrogen (secondary N) is 1. The van der Waals surface area contributed by atoms with Crippen molar-refractivity contribution in [1.82, 2.24) is 5.32 Å². The van der Waals surface area contributed by atoms with Gasteiger partial charge in [-0.2, -0.15) is 0 Å². The van der Waals surface area contributed by atoms with E-state index in [1.807, 2.05) is 25.1 Å². The van der Waals surface area contributed by atoms with Crippen LogP contribution in [-0.2, 0) is 6.42 Å². The highest BCUT2D eigenvalue weighted by Gasteiger charge is 2.22. The van der Waals surface area contributed by atoms with Crippen LogP contribution in [0.15, 0.2) is 42.5 Å². The molecule has 1 unspecified atom stereocenters. The van der Waals surface area contributed by atoms with Crippen LogP contribution in [0.4, 0.5) is 4.39 Å². The van der Waals surface area contributed by atoms with Crippen molar-refractivity contribution >= 4 is 0 Å². The predicted molar refractivity (Wildman–Crippen MR) is 82.4 cm³/mol. The number of hydrogen-bond acceptors (Lipinski definition) is 2. The third kappa shape index (κ3) is 3.24. The van der Waals surface area contributed by atoms with Gasteiger partial charge in [-0.05, 0) is 49.2 Å². The number of hydrogen-bond donors (Lipinski definition) is 1. The van der Waals surface area contributed by atoms with Crippen molar-refractivity contribution in [2.24, 2.45) is 0 Å². The second-order valence-corrected chi connectivity index (χ2v) is 5.57. The Labute approximate surface area is 125 Å². The van der Waals surface area contributed by atoms with Crippen LogP contribution < -0.4 is 10.1 Å². The van der Waals surface area contributed by atoms with E-state index in [-0.39, 0.29) is 5.82 Å². The van der Waals surface area contributed by atoms with Crippen LogP contribution in [0.3, 0.4) is 0 Å². The van der Waals surface area contributed by atoms with Crippen LogP contribution in [0.25, 0.3) is 0 Å². The number of aryl methyl sites for hydroxylation is 1. The molecule has 110 valence electrons. The molecule has 0 spiro atoms. The molecule has 1 heterocycles. The molecule has 2 nitrogen and oxygen atoms in total. The predicted octanol–water partition coefficient (Wildman–Crippen LogP) is 3.44. The van der Waals surface area contributed by atoms with Crippen LogP contribution >= 0.6 is 0 Å². The van der Waals surface area contributed by atoms with Gasteiger partial charge in [0.1, 0.15) is 11.6 Å². The highest BCUT2D eigenvalue weighted by molar-refractivity contribution is 5.39. The summed E-state index contributed by atoms with van der Waals surface area (Å²) < 4.78 is 18.7. The maximum atomic E-state index is 13.1. The molecule has 1 aliphatic rings. The van der Waals surface area contributed by atoms with Gasteiger partial charge in [0.05, 0.1) is 6.61 Å². The van der Waals surface area contributed by atoms with E-state index in [4.69, 9.17) is 4.74 Å². The second-order valence-electron chi connectivity index (χ2n) is 5.57. The van der Waals surface area contributed by atoms with E-state index in [0.29, 0.717) is 5.92 Å². The molecule has 0 aromatic heterocycles. The smallest absolute Gasteiger partial charge is 0.123 e. The maximum Gasteiger partial charge on any atom is 0.123 e. The molecule has 1 aliphatic heterocycles. The Kier molecular flexibility index (Phi) is 4.20. The van der Waals surface area contributed by atoms with E-state index in [1.165, 1.54) is 17.2 Å². The van der Waals surface area contributed by atoms with E-state index in [2.05, 4.69) is 17.4 Å². The SMILES string of the molecule is Cc1cc(F)ccc1CCNCC1COc2ccccc21. The van der Waals surface area contributed by atoms with Crippen molar-refractivity contribution in [2.45, 2.75) is 19.3 Å². The van der Waals surface area contributed by atoms with Crippen LogP contribution in [-0.4, -0.2) is 19.7 Å². The zero-order valence-corrected chi connectivity index (χ0v) is 12.2. The monoisotopic (exact) mass is 285 g/mol. The Morgan fingerprint density at radius 1 is 1.24 bits per heavy atom. The second kappa shape index (κ2) is 6.27. The summed E-state index contributed by atoms with van der Waals surface area (Å²) in [5.41, 5.74) is 3.52. The van der Waals surface area contributed by atoms with E-state index in [9.17, 15) is 4.39 Å². The zero-order valence-electron chi connectivity index (χ0n) is 12.2. The molecule has 3 heteroatoms. The average Bonchev–Trinajstić information content (AvgIpc) is 2.89. The first-order chi connectivity index (χ1) is 10.2. The highest BCUT2D eigenvalue weighted by Crippen LogP contribution is 2.32. The lowest BCUT2D eigenvalue weighted by atomic mass is 10.0. The Bertz CT molecular complexity index is 626. The molecule has 1 N–H and O–H groups in total. The molecular weight excluding hydrogens is 265 g/mol. The molecule has 0 saturated heterocycles. The quantitative estimate of drug-likeness (QED) is 0.850. The third-order valence-electron chi connectivity index (χ3n) is 4.07. The van der Waals surface area contributed by atoms with Gasteiger partial charge in [-0.1, -0.05) is 24.3 Å². The number of fused-ring (bicyclic) bond motifs is 1. The van der Waals surface area contributed by atoms with Gasteiger partial charge in [0, 0.05) is 18.0 Å². The van der Waals surface area contributed by atoms with Gasteiger partial charge in [-0.25, -0.2) is 4.39 Å².